The molecule has 0 saturated heterocycles. The summed E-state index contributed by atoms with van der Waals surface area (Å²) in [5.41, 5.74) is 0.744. The molecule has 19 heavy (non-hydrogen) atoms. The fourth-order valence-corrected chi connectivity index (χ4v) is 3.65. The van der Waals surface area contributed by atoms with Crippen molar-refractivity contribution in [2.75, 3.05) is 13.7 Å². The Bertz CT molecular complexity index is 606. The number of rotatable bonds is 5. The normalized spacial score (nSPS) is 13.1. The molecular weight excluding hydrogens is 260 g/mol. The molecule has 4 heteroatoms. The van der Waals surface area contributed by atoms with Gasteiger partial charge in [-0.1, -0.05) is 48.5 Å². The van der Waals surface area contributed by atoms with Crippen LogP contribution < -0.4 is 0 Å². The summed E-state index contributed by atoms with van der Waals surface area (Å²) in [7, 11) is -1.93. The van der Waals surface area contributed by atoms with E-state index in [1.807, 2.05) is 30.3 Å². The molecule has 2 rings (SSSR count). The Morgan fingerprint density at radius 2 is 1.47 bits per heavy atom. The van der Waals surface area contributed by atoms with Gasteiger partial charge in [-0.3, -0.25) is 0 Å². The van der Waals surface area contributed by atoms with Gasteiger partial charge in [0.05, 0.1) is 11.5 Å². The average molecular weight is 276 g/mol. The van der Waals surface area contributed by atoms with Crippen LogP contribution in [-0.4, -0.2) is 22.1 Å². The lowest BCUT2D eigenvalue weighted by molar-refractivity contribution is 0.197. The molecule has 1 unspecified atom stereocenters. The van der Waals surface area contributed by atoms with Gasteiger partial charge in [-0.05, 0) is 17.7 Å². The molecule has 0 aromatic heterocycles. The van der Waals surface area contributed by atoms with Crippen molar-refractivity contribution in [3.8, 4) is 0 Å². The molecule has 3 nitrogen and oxygen atoms in total. The summed E-state index contributed by atoms with van der Waals surface area (Å²) in [6.07, 6.45) is 0. The molecule has 0 amide bonds. The average Bonchev–Trinajstić information content (AvgIpc) is 2.46. The Morgan fingerprint density at radius 3 is 2.00 bits per heavy atom. The van der Waals surface area contributed by atoms with Gasteiger partial charge in [0.1, 0.15) is 5.25 Å². The van der Waals surface area contributed by atoms with Crippen molar-refractivity contribution in [2.24, 2.45) is 0 Å². The summed E-state index contributed by atoms with van der Waals surface area (Å²) in [5.74, 6) is 0. The second-order valence-corrected chi connectivity index (χ2v) is 6.34. The van der Waals surface area contributed by atoms with E-state index >= 15 is 0 Å². The van der Waals surface area contributed by atoms with Crippen molar-refractivity contribution in [1.82, 2.24) is 0 Å². The third kappa shape index (κ3) is 3.03. The van der Waals surface area contributed by atoms with Crippen LogP contribution in [0.5, 0.6) is 0 Å². The quantitative estimate of drug-likeness (QED) is 0.843. The first-order chi connectivity index (χ1) is 9.16. The van der Waals surface area contributed by atoms with Crippen LogP contribution in [0.15, 0.2) is 65.6 Å². The number of methoxy groups -OCH3 is 1. The summed E-state index contributed by atoms with van der Waals surface area (Å²) < 4.78 is 30.4. The maximum absolute atomic E-state index is 12.6. The van der Waals surface area contributed by atoms with Gasteiger partial charge < -0.3 is 4.74 Å². The lowest BCUT2D eigenvalue weighted by Crippen LogP contribution is -2.18. The fraction of sp³-hybridized carbons (Fsp3) is 0.200. The monoisotopic (exact) mass is 276 g/mol. The Balaban J connectivity index is 2.45. The van der Waals surface area contributed by atoms with Crippen LogP contribution >= 0.6 is 0 Å². The minimum atomic E-state index is -3.44. The predicted molar refractivity (Wildman–Crippen MR) is 74.7 cm³/mol. The first-order valence-electron chi connectivity index (χ1n) is 5.99. The highest BCUT2D eigenvalue weighted by Gasteiger charge is 2.28. The largest absolute Gasteiger partial charge is 0.383 e. The standard InChI is InChI=1S/C15H16O3S/c1-18-12-15(13-8-4-2-5-9-13)19(16,17)14-10-6-3-7-11-14/h2-11,15H,12H2,1H3. The van der Waals surface area contributed by atoms with Crippen molar-refractivity contribution >= 4 is 9.84 Å². The molecule has 2 aromatic rings. The van der Waals surface area contributed by atoms with Gasteiger partial charge in [0.2, 0.25) is 0 Å². The van der Waals surface area contributed by atoms with E-state index in [2.05, 4.69) is 0 Å². The van der Waals surface area contributed by atoms with E-state index in [1.165, 1.54) is 7.11 Å². The van der Waals surface area contributed by atoms with Crippen LogP contribution in [0, 0.1) is 0 Å². The van der Waals surface area contributed by atoms with Gasteiger partial charge in [-0.2, -0.15) is 0 Å². The van der Waals surface area contributed by atoms with Crippen LogP contribution in [-0.2, 0) is 14.6 Å². The molecule has 100 valence electrons. The van der Waals surface area contributed by atoms with E-state index in [1.54, 1.807) is 30.3 Å². The summed E-state index contributed by atoms with van der Waals surface area (Å²) in [6, 6.07) is 17.6. The third-order valence-corrected chi connectivity index (χ3v) is 5.02. The smallest absolute Gasteiger partial charge is 0.187 e. The zero-order valence-corrected chi connectivity index (χ0v) is 11.5. The molecule has 1 atom stereocenters. The van der Waals surface area contributed by atoms with E-state index < -0.39 is 15.1 Å². The van der Waals surface area contributed by atoms with Gasteiger partial charge in [0.15, 0.2) is 9.84 Å². The van der Waals surface area contributed by atoms with Crippen LogP contribution in [0.4, 0.5) is 0 Å². The van der Waals surface area contributed by atoms with Crippen LogP contribution in [0.25, 0.3) is 0 Å². The number of hydrogen-bond acceptors (Lipinski definition) is 3. The van der Waals surface area contributed by atoms with E-state index in [0.717, 1.165) is 5.56 Å². The number of hydrogen-bond donors (Lipinski definition) is 0. The predicted octanol–water partition coefficient (Wildman–Crippen LogP) is 2.85. The number of benzene rings is 2. The molecule has 0 radical (unpaired) electrons. The number of sulfone groups is 1. The van der Waals surface area contributed by atoms with Crippen molar-refractivity contribution in [2.45, 2.75) is 10.1 Å². The molecule has 0 N–H and O–H groups in total. The minimum Gasteiger partial charge on any atom is -0.383 e. The summed E-state index contributed by atoms with van der Waals surface area (Å²) in [6.45, 7) is 0.140. The molecule has 0 fully saturated rings. The highest BCUT2D eigenvalue weighted by Crippen LogP contribution is 2.28. The third-order valence-electron chi connectivity index (χ3n) is 2.94. The van der Waals surface area contributed by atoms with Crippen molar-refractivity contribution in [3.63, 3.8) is 0 Å². The van der Waals surface area contributed by atoms with Gasteiger partial charge in [0.25, 0.3) is 0 Å². The van der Waals surface area contributed by atoms with Gasteiger partial charge in [-0.25, -0.2) is 8.42 Å². The van der Waals surface area contributed by atoms with Crippen LogP contribution in [0.1, 0.15) is 10.8 Å². The molecule has 0 saturated carbocycles. The zero-order valence-electron chi connectivity index (χ0n) is 10.7. The Hall–Kier alpha value is -1.65. The lowest BCUT2D eigenvalue weighted by atomic mass is 10.1. The van der Waals surface area contributed by atoms with E-state index in [9.17, 15) is 8.42 Å². The SMILES string of the molecule is COCC(c1ccccc1)S(=O)(=O)c1ccccc1. The number of ether oxygens (including phenoxy) is 1. The molecule has 0 aliphatic heterocycles. The van der Waals surface area contributed by atoms with Crippen LogP contribution in [0.2, 0.25) is 0 Å². The van der Waals surface area contributed by atoms with Gasteiger partial charge in [0, 0.05) is 7.11 Å². The Labute approximate surface area is 113 Å². The molecule has 0 bridgehead atoms. The highest BCUT2D eigenvalue weighted by molar-refractivity contribution is 7.91. The van der Waals surface area contributed by atoms with E-state index in [4.69, 9.17) is 4.74 Å². The Kier molecular flexibility index (Phi) is 4.35. The van der Waals surface area contributed by atoms with Crippen LogP contribution in [0.3, 0.4) is 0 Å². The molecular formula is C15H16O3S. The fourth-order valence-electron chi connectivity index (χ4n) is 1.96. The molecule has 2 aromatic carbocycles. The summed E-state index contributed by atoms with van der Waals surface area (Å²) >= 11 is 0. The molecule has 0 heterocycles. The van der Waals surface area contributed by atoms with Crippen molar-refractivity contribution < 1.29 is 13.2 Å². The summed E-state index contributed by atoms with van der Waals surface area (Å²) in [4.78, 5) is 0.320. The van der Waals surface area contributed by atoms with Gasteiger partial charge in [-0.15, -0.1) is 0 Å². The van der Waals surface area contributed by atoms with E-state index in [-0.39, 0.29) is 6.61 Å². The van der Waals surface area contributed by atoms with Crippen molar-refractivity contribution in [3.05, 3.63) is 66.2 Å². The topological polar surface area (TPSA) is 43.4 Å². The molecule has 0 spiro atoms. The second kappa shape index (κ2) is 5.99. The highest BCUT2D eigenvalue weighted by atomic mass is 32.2. The Morgan fingerprint density at radius 1 is 0.947 bits per heavy atom. The van der Waals surface area contributed by atoms with E-state index in [0.29, 0.717) is 4.90 Å². The zero-order chi connectivity index (χ0) is 13.7. The summed E-state index contributed by atoms with van der Waals surface area (Å²) in [5, 5.41) is -0.680. The van der Waals surface area contributed by atoms with Crippen molar-refractivity contribution in [1.29, 1.82) is 0 Å². The first-order valence-corrected chi connectivity index (χ1v) is 7.53. The second-order valence-electron chi connectivity index (χ2n) is 4.21. The minimum absolute atomic E-state index is 0.140. The maximum Gasteiger partial charge on any atom is 0.187 e. The molecule has 0 aliphatic carbocycles. The first kappa shape index (κ1) is 13.8. The molecule has 0 aliphatic rings. The lowest BCUT2D eigenvalue weighted by Gasteiger charge is -2.17. The van der Waals surface area contributed by atoms with Gasteiger partial charge >= 0.3 is 0 Å². The maximum atomic E-state index is 12.6.